The molecule has 13 nitrogen and oxygen atoms in total. The summed E-state index contributed by atoms with van der Waals surface area (Å²) in [6.45, 7) is 12.3. The molecule has 0 unspecified atom stereocenters. The molecular weight excluding hydrogens is 640 g/mol. The molecule has 5 rings (SSSR count). The van der Waals surface area contributed by atoms with E-state index in [9.17, 15) is 55.2 Å². The van der Waals surface area contributed by atoms with Gasteiger partial charge in [0.1, 0.15) is 35.8 Å². The summed E-state index contributed by atoms with van der Waals surface area (Å²) in [5.41, 5.74) is -7.23. The van der Waals surface area contributed by atoms with Gasteiger partial charge in [0.25, 0.3) is 0 Å². The molecule has 2 saturated carbocycles. The van der Waals surface area contributed by atoms with Crippen molar-refractivity contribution >= 4 is 17.3 Å². The van der Waals surface area contributed by atoms with Crippen LogP contribution in [-0.4, -0.2) is 119 Å². The molecule has 1 heterocycles. The fraction of sp³-hybridized carbons (Fsp3) is 0.806. The Labute approximate surface area is 286 Å². The number of hydrogen-bond donors (Lipinski definition) is 8. The summed E-state index contributed by atoms with van der Waals surface area (Å²) in [6, 6.07) is 0. The largest absolute Gasteiger partial charge is 0.459 e. The first-order chi connectivity index (χ1) is 22.3. The van der Waals surface area contributed by atoms with Gasteiger partial charge in [0.05, 0.1) is 29.8 Å². The molecule has 14 atom stereocenters. The first-order valence-corrected chi connectivity index (χ1v) is 17.1. The van der Waals surface area contributed by atoms with Crippen molar-refractivity contribution in [2.45, 2.75) is 135 Å². The summed E-state index contributed by atoms with van der Waals surface area (Å²) in [6.07, 6.45) is -7.26. The van der Waals surface area contributed by atoms with E-state index in [0.29, 0.717) is 12.0 Å². The molecule has 0 spiro atoms. The van der Waals surface area contributed by atoms with Gasteiger partial charge < -0.3 is 50.3 Å². The summed E-state index contributed by atoms with van der Waals surface area (Å²) in [4.78, 5) is 42.1. The lowest BCUT2D eigenvalue weighted by Crippen LogP contribution is -2.64. The zero-order chi connectivity index (χ0) is 37.0. The first kappa shape index (κ1) is 38.2. The van der Waals surface area contributed by atoms with Gasteiger partial charge in [-0.2, -0.15) is 0 Å². The summed E-state index contributed by atoms with van der Waals surface area (Å²) >= 11 is 0. The molecule has 5 aliphatic rings. The van der Waals surface area contributed by atoms with E-state index in [0.717, 1.165) is 0 Å². The number of fused-ring (bicyclic) bond motifs is 5. The number of ketones is 3. The maximum atomic E-state index is 14.7. The predicted octanol–water partition coefficient (Wildman–Crippen LogP) is 0.0727. The summed E-state index contributed by atoms with van der Waals surface area (Å²) in [5, 5.41) is 85.0. The molecule has 0 aromatic carbocycles. The second-order valence-electron chi connectivity index (χ2n) is 17.1. The summed E-state index contributed by atoms with van der Waals surface area (Å²) in [7, 11) is 0. The van der Waals surface area contributed by atoms with Crippen LogP contribution in [0.25, 0.3) is 0 Å². The van der Waals surface area contributed by atoms with Gasteiger partial charge in [0.15, 0.2) is 11.5 Å². The van der Waals surface area contributed by atoms with Crippen LogP contribution in [0.4, 0.5) is 0 Å². The van der Waals surface area contributed by atoms with Crippen molar-refractivity contribution in [1.82, 2.24) is 0 Å². The standard InChI is InChI=1S/C36H54O13/c1-31(2)16-9-10-21-33(5)13-18(38)28(36(8,47)23(40)12-22(39)32(3,4)46)34(33,6)14-24(41)35(21,7)17(16)11-19(29(31)45)48-30-27(44)26(43)25(42)20(15-37)49-30/h9,11,17-18,20-22,25-28,30,37-39,42-44,46-47H,10,12-15H2,1-8H3/t17-,18-,20-,21+,22-,25-,26-,27-,28+,30-,33+,34-,35+,36+/m1/s1. The highest BCUT2D eigenvalue weighted by atomic mass is 16.7. The molecule has 3 fully saturated rings. The zero-order valence-corrected chi connectivity index (χ0v) is 29.6. The minimum Gasteiger partial charge on any atom is -0.459 e. The average Bonchev–Trinajstić information content (AvgIpc) is 3.20. The number of hydrogen-bond acceptors (Lipinski definition) is 13. The number of rotatable bonds is 8. The highest BCUT2D eigenvalue weighted by Crippen LogP contribution is 2.74. The third kappa shape index (κ3) is 5.42. The zero-order valence-electron chi connectivity index (χ0n) is 29.6. The maximum absolute atomic E-state index is 14.7. The van der Waals surface area contributed by atoms with Gasteiger partial charge in [-0.05, 0) is 70.3 Å². The molecule has 4 aliphatic carbocycles. The molecule has 13 heteroatoms. The lowest BCUT2D eigenvalue weighted by atomic mass is 9.39. The Morgan fingerprint density at radius 1 is 1.00 bits per heavy atom. The van der Waals surface area contributed by atoms with Crippen LogP contribution < -0.4 is 0 Å². The second-order valence-corrected chi connectivity index (χ2v) is 17.1. The number of carbonyl (C=O) groups is 3. The summed E-state index contributed by atoms with van der Waals surface area (Å²) in [5.74, 6) is -3.78. The number of ether oxygens (including phenoxy) is 2. The van der Waals surface area contributed by atoms with E-state index in [1.165, 1.54) is 26.8 Å². The van der Waals surface area contributed by atoms with E-state index in [1.807, 2.05) is 26.8 Å². The fourth-order valence-electron chi connectivity index (χ4n) is 10.1. The lowest BCUT2D eigenvalue weighted by Gasteiger charge is -2.63. The van der Waals surface area contributed by atoms with Gasteiger partial charge >= 0.3 is 0 Å². The molecule has 49 heavy (non-hydrogen) atoms. The highest BCUT2D eigenvalue weighted by molar-refractivity contribution is 6.02. The highest BCUT2D eigenvalue weighted by Gasteiger charge is 2.74. The first-order valence-electron chi connectivity index (χ1n) is 17.1. The molecule has 0 aromatic rings. The van der Waals surface area contributed by atoms with Crippen molar-refractivity contribution in [2.75, 3.05) is 6.61 Å². The predicted molar refractivity (Wildman–Crippen MR) is 172 cm³/mol. The van der Waals surface area contributed by atoms with Gasteiger partial charge in [-0.15, -0.1) is 0 Å². The Bertz CT molecular complexity index is 1440. The number of aliphatic hydroxyl groups excluding tert-OH is 6. The van der Waals surface area contributed by atoms with Gasteiger partial charge in [-0.1, -0.05) is 32.4 Å². The van der Waals surface area contributed by atoms with Gasteiger partial charge in [-0.25, -0.2) is 0 Å². The van der Waals surface area contributed by atoms with Crippen LogP contribution in [0.2, 0.25) is 0 Å². The number of allylic oxidation sites excluding steroid dienone is 4. The molecule has 0 amide bonds. The molecule has 1 saturated heterocycles. The Kier molecular flexibility index (Phi) is 9.34. The average molecular weight is 695 g/mol. The van der Waals surface area contributed by atoms with Crippen LogP contribution in [0.1, 0.15) is 81.1 Å². The molecule has 0 bridgehead atoms. The topological polar surface area (TPSA) is 232 Å². The Morgan fingerprint density at radius 3 is 2.18 bits per heavy atom. The molecule has 0 aromatic heterocycles. The van der Waals surface area contributed by atoms with Crippen molar-refractivity contribution < 1.29 is 64.7 Å². The molecule has 276 valence electrons. The second kappa shape index (κ2) is 12.0. The fourth-order valence-corrected chi connectivity index (χ4v) is 10.1. The Hall–Kier alpha value is -2.07. The van der Waals surface area contributed by atoms with E-state index in [4.69, 9.17) is 9.47 Å². The number of carbonyl (C=O) groups excluding carboxylic acids is 3. The number of Topliss-reactive ketones (excluding diaryl/α,β-unsaturated/α-hetero) is 3. The molecular formula is C36H54O13. The van der Waals surface area contributed by atoms with Crippen molar-refractivity contribution in [3.8, 4) is 0 Å². The van der Waals surface area contributed by atoms with Crippen molar-refractivity contribution in [1.29, 1.82) is 0 Å². The van der Waals surface area contributed by atoms with Crippen molar-refractivity contribution in [3.05, 3.63) is 23.5 Å². The van der Waals surface area contributed by atoms with Crippen LogP contribution >= 0.6 is 0 Å². The van der Waals surface area contributed by atoms with Crippen LogP contribution in [0.3, 0.4) is 0 Å². The van der Waals surface area contributed by atoms with Crippen molar-refractivity contribution in [3.63, 3.8) is 0 Å². The normalized spacial score (nSPS) is 45.3. The molecule has 1 aliphatic heterocycles. The van der Waals surface area contributed by atoms with E-state index in [1.54, 1.807) is 13.8 Å². The van der Waals surface area contributed by atoms with E-state index < -0.39 is 118 Å². The third-order valence-electron chi connectivity index (χ3n) is 13.5. The van der Waals surface area contributed by atoms with Gasteiger partial charge in [0, 0.05) is 30.1 Å². The van der Waals surface area contributed by atoms with Crippen LogP contribution in [0, 0.1) is 39.4 Å². The third-order valence-corrected chi connectivity index (χ3v) is 13.5. The van der Waals surface area contributed by atoms with Crippen LogP contribution in [0.5, 0.6) is 0 Å². The number of aliphatic hydroxyl groups is 8. The van der Waals surface area contributed by atoms with Gasteiger partial charge in [-0.3, -0.25) is 14.4 Å². The van der Waals surface area contributed by atoms with E-state index >= 15 is 0 Å². The van der Waals surface area contributed by atoms with Gasteiger partial charge in [0.2, 0.25) is 12.1 Å². The maximum Gasteiger partial charge on any atom is 0.229 e. The Balaban J connectivity index is 1.53. The minimum atomic E-state index is -2.15. The summed E-state index contributed by atoms with van der Waals surface area (Å²) < 4.78 is 11.4. The van der Waals surface area contributed by atoms with Crippen LogP contribution in [-0.2, 0) is 23.9 Å². The Morgan fingerprint density at radius 2 is 1.61 bits per heavy atom. The minimum absolute atomic E-state index is 0.107. The molecule has 8 N–H and O–H groups in total. The van der Waals surface area contributed by atoms with E-state index in [-0.39, 0.29) is 24.4 Å². The SMILES string of the molecule is CC1(C)C(=O)C(O[C@@H]2O[C@H](CO)[C@@H](O)[C@@H](O)[C@H]2O)=C[C@@H]2C1=CC[C@@H]1[C@@]2(C)C(=O)C[C@]2(C)[C@@H]([C@@](C)(O)C(=O)C[C@@H](O)C(C)(C)O)[C@H](O)C[C@@]12C. The van der Waals surface area contributed by atoms with Crippen molar-refractivity contribution in [2.24, 2.45) is 39.4 Å². The quantitative estimate of drug-likeness (QED) is 0.158. The smallest absolute Gasteiger partial charge is 0.229 e. The lowest BCUT2D eigenvalue weighted by molar-refractivity contribution is -0.291. The molecule has 0 radical (unpaired) electrons. The monoisotopic (exact) mass is 694 g/mol. The van der Waals surface area contributed by atoms with E-state index in [2.05, 4.69) is 0 Å². The van der Waals surface area contributed by atoms with Crippen LogP contribution in [0.15, 0.2) is 23.5 Å².